The van der Waals surface area contributed by atoms with Crippen LogP contribution in [0, 0.1) is 29.6 Å². The predicted octanol–water partition coefficient (Wildman–Crippen LogP) is 2.61. The Bertz CT molecular complexity index is 709. The highest BCUT2D eigenvalue weighted by Gasteiger charge is 2.51. The molecule has 132 valence electrons. The number of carbonyl (C=O) groups is 2. The van der Waals surface area contributed by atoms with Gasteiger partial charge in [-0.1, -0.05) is 30.4 Å². The molecule has 4 rings (SSSR count). The number of allylic oxidation sites excluding steroid dienone is 2. The number of hydrogen-bond donors (Lipinski definition) is 2. The van der Waals surface area contributed by atoms with Crippen molar-refractivity contribution in [1.82, 2.24) is 5.32 Å². The van der Waals surface area contributed by atoms with Gasteiger partial charge in [0.15, 0.2) is 0 Å². The quantitative estimate of drug-likeness (QED) is 0.748. The van der Waals surface area contributed by atoms with Gasteiger partial charge in [-0.25, -0.2) is 0 Å². The Balaban J connectivity index is 1.40. The van der Waals surface area contributed by atoms with Crippen LogP contribution in [0.5, 0.6) is 5.75 Å². The van der Waals surface area contributed by atoms with Gasteiger partial charge < -0.3 is 15.2 Å². The first-order chi connectivity index (χ1) is 12.1. The van der Waals surface area contributed by atoms with Crippen LogP contribution in [0.25, 0.3) is 0 Å². The number of nitrogens with one attached hydrogen (secondary N) is 1. The molecule has 5 heteroatoms. The van der Waals surface area contributed by atoms with Crippen molar-refractivity contribution in [3.63, 3.8) is 0 Å². The molecule has 0 radical (unpaired) electrons. The van der Waals surface area contributed by atoms with E-state index in [4.69, 9.17) is 4.74 Å². The summed E-state index contributed by atoms with van der Waals surface area (Å²) in [4.78, 5) is 24.2. The van der Waals surface area contributed by atoms with Crippen molar-refractivity contribution >= 4 is 11.9 Å². The van der Waals surface area contributed by atoms with E-state index in [1.807, 2.05) is 36.4 Å². The largest absolute Gasteiger partial charge is 0.493 e. The van der Waals surface area contributed by atoms with Crippen molar-refractivity contribution < 1.29 is 19.4 Å². The highest BCUT2D eigenvalue weighted by atomic mass is 16.5. The van der Waals surface area contributed by atoms with Crippen LogP contribution in [0.2, 0.25) is 0 Å². The first-order valence-corrected chi connectivity index (χ1v) is 9.03. The van der Waals surface area contributed by atoms with Crippen LogP contribution in [0.15, 0.2) is 36.4 Å². The van der Waals surface area contributed by atoms with Crippen LogP contribution in [-0.2, 0) is 16.1 Å². The van der Waals surface area contributed by atoms with Crippen LogP contribution in [0.4, 0.5) is 0 Å². The Morgan fingerprint density at radius 1 is 1.12 bits per heavy atom. The number of ether oxygens (including phenoxy) is 1. The lowest BCUT2D eigenvalue weighted by molar-refractivity contribution is -0.147. The van der Waals surface area contributed by atoms with Gasteiger partial charge in [-0.2, -0.15) is 0 Å². The number of amides is 1. The lowest BCUT2D eigenvalue weighted by Crippen LogP contribution is -2.39. The predicted molar refractivity (Wildman–Crippen MR) is 91.9 cm³/mol. The molecule has 0 aromatic heterocycles. The molecule has 2 bridgehead atoms. The molecule has 4 atom stereocenters. The van der Waals surface area contributed by atoms with E-state index < -0.39 is 17.8 Å². The Morgan fingerprint density at radius 2 is 1.84 bits per heavy atom. The minimum absolute atomic E-state index is 0.00703. The second-order valence-electron chi connectivity index (χ2n) is 7.42. The molecule has 1 aromatic rings. The number of aliphatic carboxylic acids is 1. The summed E-state index contributed by atoms with van der Waals surface area (Å²) in [5, 5.41) is 12.4. The first-order valence-electron chi connectivity index (χ1n) is 9.03. The molecule has 3 aliphatic carbocycles. The fraction of sp³-hybridized carbons (Fsp3) is 0.500. The maximum atomic E-state index is 12.7. The average Bonchev–Trinajstić information content (AvgIpc) is 3.21. The molecule has 0 saturated heterocycles. The van der Waals surface area contributed by atoms with Crippen molar-refractivity contribution in [3.8, 4) is 5.75 Å². The van der Waals surface area contributed by atoms with E-state index in [2.05, 4.69) is 5.32 Å². The van der Waals surface area contributed by atoms with E-state index in [1.165, 1.54) is 12.8 Å². The lowest BCUT2D eigenvalue weighted by atomic mass is 9.82. The van der Waals surface area contributed by atoms with Crippen molar-refractivity contribution in [2.75, 3.05) is 6.61 Å². The highest BCUT2D eigenvalue weighted by Crippen LogP contribution is 2.48. The summed E-state index contributed by atoms with van der Waals surface area (Å²) in [6.45, 7) is 1.09. The second-order valence-corrected chi connectivity index (χ2v) is 7.42. The number of carbonyl (C=O) groups excluding carboxylic acids is 1. The van der Waals surface area contributed by atoms with Gasteiger partial charge in [0.25, 0.3) is 0 Å². The van der Waals surface area contributed by atoms with Crippen molar-refractivity contribution in [1.29, 1.82) is 0 Å². The van der Waals surface area contributed by atoms with Crippen molar-refractivity contribution in [3.05, 3.63) is 42.0 Å². The molecule has 2 fully saturated rings. The smallest absolute Gasteiger partial charge is 0.307 e. The van der Waals surface area contributed by atoms with E-state index in [1.54, 1.807) is 0 Å². The topological polar surface area (TPSA) is 75.6 Å². The maximum absolute atomic E-state index is 12.7. The lowest BCUT2D eigenvalue weighted by Gasteiger charge is -2.24. The molecular formula is C20H23NO4. The SMILES string of the molecule is O=C(O)C1C2C=CC(C2)C1C(=O)NCc1ccccc1OCC1CC1. The molecule has 1 aromatic carbocycles. The van der Waals surface area contributed by atoms with Crippen LogP contribution < -0.4 is 10.1 Å². The van der Waals surface area contributed by atoms with E-state index >= 15 is 0 Å². The molecule has 0 spiro atoms. The minimum atomic E-state index is -0.870. The standard InChI is InChI=1S/C20H23NO4/c22-19(17-13-7-8-14(9-13)18(17)20(23)24)21-10-15-3-1-2-4-16(15)25-11-12-5-6-12/h1-4,7-8,12-14,17-18H,5-6,9-11H2,(H,21,22)(H,23,24). The number of para-hydroxylation sites is 1. The monoisotopic (exact) mass is 341 g/mol. The minimum Gasteiger partial charge on any atom is -0.493 e. The maximum Gasteiger partial charge on any atom is 0.307 e. The van der Waals surface area contributed by atoms with Crippen molar-refractivity contribution in [2.45, 2.75) is 25.8 Å². The molecule has 5 nitrogen and oxygen atoms in total. The Hall–Kier alpha value is -2.30. The first kappa shape index (κ1) is 16.2. The summed E-state index contributed by atoms with van der Waals surface area (Å²) >= 11 is 0. The van der Waals surface area contributed by atoms with Crippen LogP contribution in [-0.4, -0.2) is 23.6 Å². The number of rotatable bonds is 7. The molecule has 0 aliphatic heterocycles. The fourth-order valence-electron chi connectivity index (χ4n) is 4.10. The summed E-state index contributed by atoms with van der Waals surface area (Å²) in [5.41, 5.74) is 0.932. The van der Waals surface area contributed by atoms with Gasteiger partial charge in [0.05, 0.1) is 18.4 Å². The zero-order chi connectivity index (χ0) is 17.4. The molecule has 1 amide bonds. The van der Waals surface area contributed by atoms with Crippen LogP contribution in [0.3, 0.4) is 0 Å². The van der Waals surface area contributed by atoms with Crippen LogP contribution >= 0.6 is 0 Å². The zero-order valence-electron chi connectivity index (χ0n) is 14.1. The molecule has 3 aliphatic rings. The van der Waals surface area contributed by atoms with Gasteiger partial charge in [0.2, 0.25) is 5.91 Å². The van der Waals surface area contributed by atoms with E-state index in [-0.39, 0.29) is 17.7 Å². The summed E-state index contributed by atoms with van der Waals surface area (Å²) in [7, 11) is 0. The summed E-state index contributed by atoms with van der Waals surface area (Å²) < 4.78 is 5.87. The molecule has 0 heterocycles. The average molecular weight is 341 g/mol. The number of carboxylic acids is 1. The Labute approximate surface area is 147 Å². The van der Waals surface area contributed by atoms with Crippen LogP contribution in [0.1, 0.15) is 24.8 Å². The fourth-order valence-corrected chi connectivity index (χ4v) is 4.10. The summed E-state index contributed by atoms with van der Waals surface area (Å²) in [6.07, 6.45) is 7.19. The second kappa shape index (κ2) is 6.54. The zero-order valence-corrected chi connectivity index (χ0v) is 14.1. The van der Waals surface area contributed by atoms with Gasteiger partial charge in [0.1, 0.15) is 5.75 Å². The third kappa shape index (κ3) is 3.28. The van der Waals surface area contributed by atoms with E-state index in [9.17, 15) is 14.7 Å². The summed E-state index contributed by atoms with van der Waals surface area (Å²) in [6, 6.07) is 7.71. The molecular weight excluding hydrogens is 318 g/mol. The highest BCUT2D eigenvalue weighted by molar-refractivity contribution is 5.86. The molecule has 2 saturated carbocycles. The van der Waals surface area contributed by atoms with Gasteiger partial charge in [0, 0.05) is 12.1 Å². The third-order valence-corrected chi connectivity index (χ3v) is 5.64. The number of fused-ring (bicyclic) bond motifs is 2. The Kier molecular flexibility index (Phi) is 4.24. The third-order valence-electron chi connectivity index (χ3n) is 5.64. The summed E-state index contributed by atoms with van der Waals surface area (Å²) in [5.74, 6) is -0.591. The molecule has 2 N–H and O–H groups in total. The van der Waals surface area contributed by atoms with E-state index in [0.717, 1.165) is 24.3 Å². The molecule has 4 unspecified atom stereocenters. The van der Waals surface area contributed by atoms with Gasteiger partial charge >= 0.3 is 5.97 Å². The van der Waals surface area contributed by atoms with Crippen molar-refractivity contribution in [2.24, 2.45) is 29.6 Å². The van der Waals surface area contributed by atoms with Gasteiger partial charge in [-0.3, -0.25) is 9.59 Å². The number of carboxylic acid groups (broad SMARTS) is 1. The number of benzene rings is 1. The molecule has 25 heavy (non-hydrogen) atoms. The normalized spacial score (nSPS) is 29.6. The van der Waals surface area contributed by atoms with Gasteiger partial charge in [-0.05, 0) is 43.1 Å². The van der Waals surface area contributed by atoms with E-state index in [0.29, 0.717) is 12.5 Å². The number of hydrogen-bond acceptors (Lipinski definition) is 3. The van der Waals surface area contributed by atoms with Gasteiger partial charge in [-0.15, -0.1) is 0 Å². The Morgan fingerprint density at radius 3 is 2.56 bits per heavy atom.